The third kappa shape index (κ3) is 4.53. The number of hydrazone groups is 1. The van der Waals surface area contributed by atoms with Crippen molar-refractivity contribution in [2.45, 2.75) is 12.5 Å². The van der Waals surface area contributed by atoms with Gasteiger partial charge in [0.05, 0.1) is 30.0 Å². The second kappa shape index (κ2) is 8.67. The highest BCUT2D eigenvalue weighted by molar-refractivity contribution is 6.40. The number of morpholine rings is 1. The minimum Gasteiger partial charge on any atom is -0.379 e. The fourth-order valence-corrected chi connectivity index (χ4v) is 3.86. The number of nitrogens with one attached hydrogen (secondary N) is 1. The molecule has 2 heterocycles. The first-order chi connectivity index (χ1) is 14.0. The lowest BCUT2D eigenvalue weighted by atomic mass is 10.0. The highest BCUT2D eigenvalue weighted by atomic mass is 35.5. The number of carbonyl (C=O) groups excluding carboxylic acids is 1. The summed E-state index contributed by atoms with van der Waals surface area (Å²) in [5.74, 6) is -0.597. The Labute approximate surface area is 177 Å². The van der Waals surface area contributed by atoms with Gasteiger partial charge in [-0.25, -0.2) is 9.40 Å². The molecule has 1 unspecified atom stereocenters. The molecule has 1 fully saturated rings. The second-order valence-electron chi connectivity index (χ2n) is 6.80. The minimum atomic E-state index is -0.325. The molecule has 1 saturated heterocycles. The van der Waals surface area contributed by atoms with Crippen LogP contribution in [0.5, 0.6) is 0 Å². The molecule has 0 spiro atoms. The van der Waals surface area contributed by atoms with Crippen molar-refractivity contribution < 1.29 is 13.9 Å². The average Bonchev–Trinajstić information content (AvgIpc) is 3.14. The summed E-state index contributed by atoms with van der Waals surface area (Å²) in [6.45, 7) is 2.37. The molecule has 1 amide bonds. The van der Waals surface area contributed by atoms with Crippen LogP contribution in [0.2, 0.25) is 10.0 Å². The van der Waals surface area contributed by atoms with E-state index in [2.05, 4.69) is 10.5 Å². The normalized spacial score (nSPS) is 19.9. The lowest BCUT2D eigenvalue weighted by Crippen LogP contribution is -2.50. The first-order valence-electron chi connectivity index (χ1n) is 9.22. The van der Waals surface area contributed by atoms with Crippen molar-refractivity contribution in [2.24, 2.45) is 5.10 Å². The van der Waals surface area contributed by atoms with Gasteiger partial charge in [0.15, 0.2) is 0 Å². The van der Waals surface area contributed by atoms with Crippen LogP contribution < -0.4 is 10.4 Å². The van der Waals surface area contributed by atoms with Gasteiger partial charge in [0.25, 0.3) is 5.91 Å². The Morgan fingerprint density at radius 3 is 2.55 bits per heavy atom. The number of benzene rings is 2. The zero-order chi connectivity index (χ0) is 20.4. The summed E-state index contributed by atoms with van der Waals surface area (Å²) >= 11 is 12.4. The van der Waals surface area contributed by atoms with Crippen LogP contribution >= 0.6 is 23.2 Å². The fraction of sp³-hybridized carbons (Fsp3) is 0.300. The van der Waals surface area contributed by atoms with Gasteiger partial charge < -0.3 is 4.74 Å². The van der Waals surface area contributed by atoms with E-state index in [1.165, 1.54) is 12.1 Å². The molecule has 152 valence electrons. The Morgan fingerprint density at radius 1 is 1.14 bits per heavy atom. The van der Waals surface area contributed by atoms with E-state index in [1.807, 2.05) is 5.01 Å². The van der Waals surface area contributed by atoms with E-state index in [0.717, 1.165) is 5.56 Å². The lowest BCUT2D eigenvalue weighted by Gasteiger charge is -2.26. The first-order valence-corrected chi connectivity index (χ1v) is 9.98. The SMILES string of the molecule is O=C(NN1CCOCC1)C1=NN(c2ccc(Cl)cc2Cl)C(c2ccc(F)cc2)C1. The van der Waals surface area contributed by atoms with Gasteiger partial charge in [-0.15, -0.1) is 0 Å². The number of hydrogen-bond donors (Lipinski definition) is 1. The third-order valence-electron chi connectivity index (χ3n) is 4.85. The largest absolute Gasteiger partial charge is 0.379 e. The summed E-state index contributed by atoms with van der Waals surface area (Å²) < 4.78 is 18.7. The summed E-state index contributed by atoms with van der Waals surface area (Å²) in [6.07, 6.45) is 0.362. The van der Waals surface area contributed by atoms with Crippen LogP contribution in [0.1, 0.15) is 18.0 Å². The van der Waals surface area contributed by atoms with Crippen LogP contribution in [-0.2, 0) is 9.53 Å². The Morgan fingerprint density at radius 2 is 1.86 bits per heavy atom. The van der Waals surface area contributed by atoms with E-state index >= 15 is 0 Å². The number of hydrazine groups is 1. The maximum atomic E-state index is 13.4. The van der Waals surface area contributed by atoms with E-state index in [9.17, 15) is 9.18 Å². The van der Waals surface area contributed by atoms with Gasteiger partial charge in [-0.2, -0.15) is 5.10 Å². The molecule has 2 aromatic carbocycles. The summed E-state index contributed by atoms with van der Waals surface area (Å²) in [6, 6.07) is 11.0. The van der Waals surface area contributed by atoms with Gasteiger partial charge in [-0.3, -0.25) is 15.2 Å². The second-order valence-corrected chi connectivity index (χ2v) is 7.64. The Hall–Kier alpha value is -2.19. The monoisotopic (exact) mass is 436 g/mol. The molecule has 2 aromatic rings. The van der Waals surface area contributed by atoms with Crippen molar-refractivity contribution in [3.63, 3.8) is 0 Å². The van der Waals surface area contributed by atoms with Crippen molar-refractivity contribution >= 4 is 40.5 Å². The highest BCUT2D eigenvalue weighted by Crippen LogP contribution is 2.39. The van der Waals surface area contributed by atoms with Crippen LogP contribution in [0.4, 0.5) is 10.1 Å². The summed E-state index contributed by atoms with van der Waals surface area (Å²) in [4.78, 5) is 12.8. The molecule has 0 aliphatic carbocycles. The molecule has 0 bridgehead atoms. The molecular weight excluding hydrogens is 418 g/mol. The summed E-state index contributed by atoms with van der Waals surface area (Å²) in [7, 11) is 0. The van der Waals surface area contributed by atoms with Gasteiger partial charge in [-0.05, 0) is 35.9 Å². The number of hydrogen-bond acceptors (Lipinski definition) is 5. The summed E-state index contributed by atoms with van der Waals surface area (Å²) in [5, 5.41) is 8.99. The zero-order valence-electron chi connectivity index (χ0n) is 15.4. The van der Waals surface area contributed by atoms with Crippen molar-refractivity contribution in [3.05, 3.63) is 63.9 Å². The van der Waals surface area contributed by atoms with Crippen LogP contribution in [0.25, 0.3) is 0 Å². The van der Waals surface area contributed by atoms with Gasteiger partial charge in [-0.1, -0.05) is 35.3 Å². The molecule has 9 heteroatoms. The van der Waals surface area contributed by atoms with Crippen molar-refractivity contribution in [3.8, 4) is 0 Å². The molecule has 2 aliphatic heterocycles. The van der Waals surface area contributed by atoms with Crippen LogP contribution in [0.15, 0.2) is 47.6 Å². The number of ether oxygens (including phenoxy) is 1. The van der Waals surface area contributed by atoms with Gasteiger partial charge >= 0.3 is 0 Å². The van der Waals surface area contributed by atoms with Crippen molar-refractivity contribution in [2.75, 3.05) is 31.3 Å². The predicted molar refractivity (Wildman–Crippen MR) is 111 cm³/mol. The van der Waals surface area contributed by atoms with Gasteiger partial charge in [0.2, 0.25) is 0 Å². The molecule has 6 nitrogen and oxygen atoms in total. The smallest absolute Gasteiger partial charge is 0.281 e. The molecule has 0 radical (unpaired) electrons. The quantitative estimate of drug-likeness (QED) is 0.791. The van der Waals surface area contributed by atoms with E-state index in [4.69, 9.17) is 27.9 Å². The predicted octanol–water partition coefficient (Wildman–Crippen LogP) is 3.80. The Bertz CT molecular complexity index is 933. The van der Waals surface area contributed by atoms with Crippen LogP contribution in [0, 0.1) is 5.82 Å². The molecule has 29 heavy (non-hydrogen) atoms. The van der Waals surface area contributed by atoms with E-state index in [-0.39, 0.29) is 17.8 Å². The fourth-order valence-electron chi connectivity index (χ4n) is 3.36. The van der Waals surface area contributed by atoms with E-state index < -0.39 is 0 Å². The Kier molecular flexibility index (Phi) is 6.01. The van der Waals surface area contributed by atoms with Gasteiger partial charge in [0, 0.05) is 24.5 Å². The molecular formula is C20H19Cl2FN4O2. The van der Waals surface area contributed by atoms with E-state index in [1.54, 1.807) is 35.3 Å². The Balaban J connectivity index is 1.62. The number of halogens is 3. The molecule has 4 rings (SSSR count). The van der Waals surface area contributed by atoms with Crippen LogP contribution in [0.3, 0.4) is 0 Å². The minimum absolute atomic E-state index is 0.272. The lowest BCUT2D eigenvalue weighted by molar-refractivity contribution is -0.121. The maximum absolute atomic E-state index is 13.4. The summed E-state index contributed by atoms with van der Waals surface area (Å²) in [5.41, 5.74) is 4.71. The number of carbonyl (C=O) groups is 1. The highest BCUT2D eigenvalue weighted by Gasteiger charge is 2.34. The van der Waals surface area contributed by atoms with E-state index in [0.29, 0.717) is 54.2 Å². The third-order valence-corrected chi connectivity index (χ3v) is 5.39. The zero-order valence-corrected chi connectivity index (χ0v) is 17.0. The first kappa shape index (κ1) is 20.1. The number of anilines is 1. The number of rotatable bonds is 4. The van der Waals surface area contributed by atoms with Gasteiger partial charge in [0.1, 0.15) is 11.5 Å². The van der Waals surface area contributed by atoms with Crippen molar-refractivity contribution in [1.29, 1.82) is 0 Å². The average molecular weight is 437 g/mol. The van der Waals surface area contributed by atoms with Crippen molar-refractivity contribution in [1.82, 2.24) is 10.4 Å². The molecule has 2 aliphatic rings. The topological polar surface area (TPSA) is 57.2 Å². The molecule has 0 aromatic heterocycles. The number of nitrogens with zero attached hydrogens (tertiary/aromatic N) is 3. The standard InChI is InChI=1S/C20H19Cl2FN4O2/c21-14-3-6-18(16(22)11-14)27-19(13-1-4-15(23)5-2-13)12-17(24-27)20(28)25-26-7-9-29-10-8-26/h1-6,11,19H,7-10,12H2,(H,25,28). The van der Waals surface area contributed by atoms with Crippen LogP contribution in [-0.4, -0.2) is 42.9 Å². The molecule has 1 N–H and O–H groups in total. The maximum Gasteiger partial charge on any atom is 0.281 e. The molecule has 0 saturated carbocycles. The number of amides is 1. The molecule has 1 atom stereocenters.